The van der Waals surface area contributed by atoms with Crippen LogP contribution in [0.15, 0.2) is 110 Å². The first-order valence-corrected chi connectivity index (χ1v) is 7.55. The van der Waals surface area contributed by atoms with Crippen molar-refractivity contribution in [1.82, 2.24) is 15.0 Å². The molecule has 25 heavy (non-hydrogen) atoms. The predicted molar refractivity (Wildman–Crippen MR) is 97.0 cm³/mol. The molecule has 3 nitrogen and oxygen atoms in total. The number of hydrogen-bond acceptors (Lipinski definition) is 3. The van der Waals surface area contributed by atoms with Crippen molar-refractivity contribution in [3.05, 3.63) is 116 Å². The zero-order chi connectivity index (χ0) is 16.7. The molecule has 0 aliphatic carbocycles. The average Bonchev–Trinajstić information content (AvgIpc) is 2.73. The van der Waals surface area contributed by atoms with Crippen molar-refractivity contribution in [1.29, 1.82) is 0 Å². The van der Waals surface area contributed by atoms with E-state index in [1.165, 1.54) is 0 Å². The molecular formula is C21H18N3Ru. The molecule has 0 aliphatic rings. The maximum Gasteiger partial charge on any atom is 1.00 e. The standard InChI is InChI=1S/C11H8N.2C5H5N.Ru/c1-2-6-10(7-3-1)11-8-4-5-9-12-11;2*1-2-4-6-5-3-1;/h1-6,8-9H;2*1-5H;/q-1;;;+1. The monoisotopic (exact) mass is 414 g/mol. The molecule has 4 rings (SSSR count). The van der Waals surface area contributed by atoms with Crippen molar-refractivity contribution in [2.24, 2.45) is 0 Å². The van der Waals surface area contributed by atoms with E-state index in [9.17, 15) is 0 Å². The van der Waals surface area contributed by atoms with Crippen LogP contribution in [0.1, 0.15) is 0 Å². The summed E-state index contributed by atoms with van der Waals surface area (Å²) in [7, 11) is 0. The fraction of sp³-hybridized carbons (Fsp3) is 0. The minimum absolute atomic E-state index is 0. The van der Waals surface area contributed by atoms with Gasteiger partial charge in [-0.15, -0.1) is 35.9 Å². The number of rotatable bonds is 1. The maximum absolute atomic E-state index is 4.22. The minimum Gasteiger partial charge on any atom is -0.305 e. The van der Waals surface area contributed by atoms with E-state index in [0.29, 0.717) is 0 Å². The summed E-state index contributed by atoms with van der Waals surface area (Å²) in [6.45, 7) is 0. The summed E-state index contributed by atoms with van der Waals surface area (Å²) in [5, 5.41) is 0. The molecular weight excluding hydrogens is 395 g/mol. The van der Waals surface area contributed by atoms with E-state index in [1.54, 1.807) is 31.0 Å². The van der Waals surface area contributed by atoms with E-state index < -0.39 is 0 Å². The van der Waals surface area contributed by atoms with Gasteiger partial charge in [0.15, 0.2) is 0 Å². The van der Waals surface area contributed by atoms with Crippen LogP contribution in [-0.2, 0) is 19.5 Å². The number of nitrogens with zero attached hydrogens (tertiary/aromatic N) is 3. The molecule has 0 saturated carbocycles. The van der Waals surface area contributed by atoms with Crippen molar-refractivity contribution < 1.29 is 19.5 Å². The van der Waals surface area contributed by atoms with Crippen LogP contribution in [0.2, 0.25) is 0 Å². The van der Waals surface area contributed by atoms with Gasteiger partial charge in [-0.1, -0.05) is 24.3 Å². The molecule has 0 aliphatic heterocycles. The van der Waals surface area contributed by atoms with Gasteiger partial charge in [0.05, 0.1) is 0 Å². The molecule has 0 atom stereocenters. The van der Waals surface area contributed by atoms with Gasteiger partial charge in [0.2, 0.25) is 0 Å². The fourth-order valence-electron chi connectivity index (χ4n) is 1.70. The summed E-state index contributed by atoms with van der Waals surface area (Å²) >= 11 is 0. The summed E-state index contributed by atoms with van der Waals surface area (Å²) in [5.74, 6) is 0. The second-order valence-electron chi connectivity index (χ2n) is 4.54. The first-order valence-electron chi connectivity index (χ1n) is 7.55. The van der Waals surface area contributed by atoms with Gasteiger partial charge in [-0.3, -0.25) is 9.97 Å². The van der Waals surface area contributed by atoms with Crippen molar-refractivity contribution in [3.63, 3.8) is 0 Å². The molecule has 0 amide bonds. The summed E-state index contributed by atoms with van der Waals surface area (Å²) in [6.07, 6.45) is 8.79. The van der Waals surface area contributed by atoms with Gasteiger partial charge in [-0.2, -0.15) is 0 Å². The Balaban J connectivity index is 0.000000204. The first-order chi connectivity index (χ1) is 12.0. The number of aromatic nitrogens is 3. The van der Waals surface area contributed by atoms with Crippen LogP contribution in [0.25, 0.3) is 11.3 Å². The van der Waals surface area contributed by atoms with Gasteiger partial charge in [0.1, 0.15) is 0 Å². The van der Waals surface area contributed by atoms with Gasteiger partial charge in [0.25, 0.3) is 0 Å². The van der Waals surface area contributed by atoms with Crippen molar-refractivity contribution in [2.45, 2.75) is 0 Å². The number of pyridine rings is 3. The molecule has 0 spiro atoms. The SMILES string of the molecule is [Ru+].[c-]1ccccc1-c1ccccn1.c1ccncc1.c1ccncc1. The molecule has 1 radical (unpaired) electrons. The third kappa shape index (κ3) is 9.24. The molecule has 4 aromatic rings. The van der Waals surface area contributed by atoms with Crippen molar-refractivity contribution >= 4 is 0 Å². The summed E-state index contributed by atoms with van der Waals surface area (Å²) in [4.78, 5) is 11.8. The molecule has 0 fully saturated rings. The van der Waals surface area contributed by atoms with Crippen LogP contribution in [0.4, 0.5) is 0 Å². The number of benzene rings is 1. The Hall–Kier alpha value is -2.71. The molecule has 0 saturated heterocycles. The largest absolute Gasteiger partial charge is 1.00 e. The van der Waals surface area contributed by atoms with Crippen molar-refractivity contribution in [2.75, 3.05) is 0 Å². The van der Waals surface area contributed by atoms with Crippen LogP contribution in [-0.4, -0.2) is 15.0 Å². The van der Waals surface area contributed by atoms with Gasteiger partial charge in [-0.05, 0) is 36.0 Å². The third-order valence-electron chi connectivity index (χ3n) is 2.78. The minimum atomic E-state index is 0. The molecule has 3 heterocycles. The molecule has 1 aromatic carbocycles. The Morgan fingerprint density at radius 3 is 1.48 bits per heavy atom. The van der Waals surface area contributed by atoms with E-state index in [4.69, 9.17) is 0 Å². The Morgan fingerprint density at radius 1 is 0.560 bits per heavy atom. The Kier molecular flexibility index (Phi) is 11.2. The van der Waals surface area contributed by atoms with Crippen LogP contribution in [0.5, 0.6) is 0 Å². The maximum atomic E-state index is 4.22. The Morgan fingerprint density at radius 2 is 1.12 bits per heavy atom. The van der Waals surface area contributed by atoms with E-state index in [1.807, 2.05) is 78.9 Å². The third-order valence-corrected chi connectivity index (χ3v) is 2.78. The van der Waals surface area contributed by atoms with Crippen LogP contribution in [0, 0.1) is 6.07 Å². The molecule has 125 valence electrons. The fourth-order valence-corrected chi connectivity index (χ4v) is 1.70. The topological polar surface area (TPSA) is 38.7 Å². The quantitative estimate of drug-likeness (QED) is 0.335. The normalized spacial score (nSPS) is 8.48. The Labute approximate surface area is 161 Å². The zero-order valence-electron chi connectivity index (χ0n) is 13.6. The first kappa shape index (κ1) is 20.3. The second kappa shape index (κ2) is 13.7. The summed E-state index contributed by atoms with van der Waals surface area (Å²) in [6, 6.07) is 28.2. The Bertz CT molecular complexity index is 629. The van der Waals surface area contributed by atoms with Crippen LogP contribution < -0.4 is 0 Å². The molecule has 0 unspecified atom stereocenters. The van der Waals surface area contributed by atoms with E-state index in [0.717, 1.165) is 11.3 Å². The second-order valence-corrected chi connectivity index (χ2v) is 4.54. The number of hydrogen-bond donors (Lipinski definition) is 0. The molecule has 3 aromatic heterocycles. The van der Waals surface area contributed by atoms with Crippen LogP contribution >= 0.6 is 0 Å². The van der Waals surface area contributed by atoms with E-state index in [-0.39, 0.29) is 19.5 Å². The van der Waals surface area contributed by atoms with E-state index in [2.05, 4.69) is 21.0 Å². The van der Waals surface area contributed by atoms with Gasteiger partial charge >= 0.3 is 19.5 Å². The summed E-state index contributed by atoms with van der Waals surface area (Å²) < 4.78 is 0. The van der Waals surface area contributed by atoms with Crippen LogP contribution in [0.3, 0.4) is 0 Å². The smallest absolute Gasteiger partial charge is 0.305 e. The molecule has 0 N–H and O–H groups in total. The van der Waals surface area contributed by atoms with E-state index >= 15 is 0 Å². The average molecular weight is 413 g/mol. The molecule has 4 heteroatoms. The summed E-state index contributed by atoms with van der Waals surface area (Å²) in [5.41, 5.74) is 2.01. The predicted octanol–water partition coefficient (Wildman–Crippen LogP) is 4.71. The van der Waals surface area contributed by atoms with Crippen molar-refractivity contribution in [3.8, 4) is 11.3 Å². The van der Waals surface area contributed by atoms with Gasteiger partial charge in [0, 0.05) is 31.0 Å². The molecule has 0 bridgehead atoms. The van der Waals surface area contributed by atoms with Gasteiger partial charge in [-0.25, -0.2) is 0 Å². The zero-order valence-corrected chi connectivity index (χ0v) is 15.3. The van der Waals surface area contributed by atoms with Gasteiger partial charge < -0.3 is 4.98 Å².